The summed E-state index contributed by atoms with van der Waals surface area (Å²) in [5.74, 6) is 0.841. The topological polar surface area (TPSA) is 49.8 Å². The molecule has 0 radical (unpaired) electrons. The zero-order valence-corrected chi connectivity index (χ0v) is 13.7. The molecule has 1 N–H and O–H groups in total. The van der Waals surface area contributed by atoms with Crippen LogP contribution in [0, 0.1) is 0 Å². The summed E-state index contributed by atoms with van der Waals surface area (Å²) in [6.07, 6.45) is 4.82. The van der Waals surface area contributed by atoms with E-state index in [4.69, 9.17) is 9.84 Å². The van der Waals surface area contributed by atoms with Crippen LogP contribution in [0.5, 0.6) is 5.75 Å². The third-order valence-corrected chi connectivity index (χ3v) is 4.35. The average Bonchev–Trinajstić information content (AvgIpc) is 3.00. The molecule has 0 unspecified atom stereocenters. The minimum Gasteiger partial charge on any atom is -0.493 e. The molecular weight excluding hydrogens is 334 g/mol. The zero-order chi connectivity index (χ0) is 15.1. The molecule has 1 fully saturated rings. The van der Waals surface area contributed by atoms with Crippen LogP contribution in [0.15, 0.2) is 28.7 Å². The molecule has 4 nitrogen and oxygen atoms in total. The van der Waals surface area contributed by atoms with E-state index in [2.05, 4.69) is 15.9 Å². The Hall–Kier alpha value is -1.07. The van der Waals surface area contributed by atoms with Crippen LogP contribution in [-0.2, 0) is 4.79 Å². The van der Waals surface area contributed by atoms with Gasteiger partial charge in [0, 0.05) is 17.1 Å². The Balaban J connectivity index is 1.79. The molecule has 0 saturated heterocycles. The van der Waals surface area contributed by atoms with Crippen molar-refractivity contribution in [3.8, 4) is 5.75 Å². The van der Waals surface area contributed by atoms with E-state index in [1.165, 1.54) is 12.8 Å². The summed E-state index contributed by atoms with van der Waals surface area (Å²) in [5.41, 5.74) is 0. The van der Waals surface area contributed by atoms with Crippen molar-refractivity contribution >= 4 is 21.8 Å². The fourth-order valence-electron chi connectivity index (χ4n) is 2.77. The SMILES string of the molecule is O=C(CCOc1ccc(Br)cc1)N(CCO)C1CCCC1. The monoisotopic (exact) mass is 355 g/mol. The van der Waals surface area contributed by atoms with Crippen LogP contribution in [0.4, 0.5) is 0 Å². The second-order valence-electron chi connectivity index (χ2n) is 5.30. The van der Waals surface area contributed by atoms with Gasteiger partial charge in [0.2, 0.25) is 5.91 Å². The van der Waals surface area contributed by atoms with E-state index in [1.54, 1.807) is 0 Å². The molecule has 1 aliphatic rings. The molecule has 0 aliphatic heterocycles. The highest BCUT2D eigenvalue weighted by Crippen LogP contribution is 2.24. The molecule has 2 rings (SSSR count). The standard InChI is InChI=1S/C16H22BrNO3/c17-13-5-7-15(8-6-13)21-12-9-16(20)18(10-11-19)14-3-1-2-4-14/h5-8,14,19H,1-4,9-12H2. The van der Waals surface area contributed by atoms with Gasteiger partial charge in [0.25, 0.3) is 0 Å². The van der Waals surface area contributed by atoms with Crippen molar-refractivity contribution < 1.29 is 14.6 Å². The van der Waals surface area contributed by atoms with Gasteiger partial charge in [0.1, 0.15) is 5.75 Å². The average molecular weight is 356 g/mol. The first-order valence-corrected chi connectivity index (χ1v) is 8.28. The Bertz CT molecular complexity index is 443. The number of halogens is 1. The van der Waals surface area contributed by atoms with Gasteiger partial charge in [-0.2, -0.15) is 0 Å². The highest BCUT2D eigenvalue weighted by molar-refractivity contribution is 9.10. The minimum absolute atomic E-state index is 0.0236. The Morgan fingerprint density at radius 3 is 2.57 bits per heavy atom. The molecule has 0 heterocycles. The maximum Gasteiger partial charge on any atom is 0.226 e. The fraction of sp³-hybridized carbons (Fsp3) is 0.562. The molecular formula is C16H22BrNO3. The lowest BCUT2D eigenvalue weighted by Gasteiger charge is -2.28. The van der Waals surface area contributed by atoms with Crippen LogP contribution in [0.1, 0.15) is 32.1 Å². The number of benzene rings is 1. The first-order chi connectivity index (χ1) is 10.2. The Morgan fingerprint density at radius 2 is 1.95 bits per heavy atom. The van der Waals surface area contributed by atoms with Gasteiger partial charge >= 0.3 is 0 Å². The number of carbonyl (C=O) groups excluding carboxylic acids is 1. The van der Waals surface area contributed by atoms with E-state index >= 15 is 0 Å². The van der Waals surface area contributed by atoms with Crippen molar-refractivity contribution in [1.29, 1.82) is 0 Å². The number of hydrogen-bond donors (Lipinski definition) is 1. The van der Waals surface area contributed by atoms with Gasteiger partial charge in [0.15, 0.2) is 0 Å². The number of ether oxygens (including phenoxy) is 1. The lowest BCUT2D eigenvalue weighted by molar-refractivity contribution is -0.134. The van der Waals surface area contributed by atoms with Crippen LogP contribution in [0.3, 0.4) is 0 Å². The summed E-state index contributed by atoms with van der Waals surface area (Å²) >= 11 is 3.37. The van der Waals surface area contributed by atoms with Gasteiger partial charge < -0.3 is 14.7 Å². The Labute approximate surface area is 134 Å². The summed E-state index contributed by atoms with van der Waals surface area (Å²) in [5, 5.41) is 9.15. The van der Waals surface area contributed by atoms with Crippen molar-refractivity contribution in [2.24, 2.45) is 0 Å². The molecule has 0 atom stereocenters. The minimum atomic E-state index is 0.0236. The predicted octanol–water partition coefficient (Wildman–Crippen LogP) is 2.98. The summed E-state index contributed by atoms with van der Waals surface area (Å²) < 4.78 is 6.59. The van der Waals surface area contributed by atoms with Crippen LogP contribution < -0.4 is 4.74 Å². The van der Waals surface area contributed by atoms with E-state index in [1.807, 2.05) is 29.2 Å². The largest absolute Gasteiger partial charge is 0.493 e. The molecule has 5 heteroatoms. The van der Waals surface area contributed by atoms with Crippen LogP contribution in [-0.4, -0.2) is 41.7 Å². The quantitative estimate of drug-likeness (QED) is 0.817. The van der Waals surface area contributed by atoms with Gasteiger partial charge in [-0.25, -0.2) is 0 Å². The number of rotatable bonds is 7. The summed E-state index contributed by atoms with van der Waals surface area (Å²) in [6, 6.07) is 7.87. The molecule has 0 spiro atoms. The van der Waals surface area contributed by atoms with Gasteiger partial charge in [-0.1, -0.05) is 28.8 Å². The molecule has 1 aromatic rings. The molecule has 1 aromatic carbocycles. The van der Waals surface area contributed by atoms with E-state index in [0.717, 1.165) is 23.1 Å². The van der Waals surface area contributed by atoms with Gasteiger partial charge in [-0.3, -0.25) is 4.79 Å². The first-order valence-electron chi connectivity index (χ1n) is 7.49. The van der Waals surface area contributed by atoms with E-state index in [-0.39, 0.29) is 12.5 Å². The summed E-state index contributed by atoms with van der Waals surface area (Å²) in [7, 11) is 0. The lowest BCUT2D eigenvalue weighted by Crippen LogP contribution is -2.41. The van der Waals surface area contributed by atoms with Crippen molar-refractivity contribution in [2.75, 3.05) is 19.8 Å². The molecule has 0 aromatic heterocycles. The smallest absolute Gasteiger partial charge is 0.226 e. The molecule has 0 bridgehead atoms. The van der Waals surface area contributed by atoms with E-state index < -0.39 is 0 Å². The third-order valence-electron chi connectivity index (χ3n) is 3.83. The second-order valence-corrected chi connectivity index (χ2v) is 6.22. The predicted molar refractivity (Wildman–Crippen MR) is 85.3 cm³/mol. The van der Waals surface area contributed by atoms with Gasteiger partial charge in [-0.15, -0.1) is 0 Å². The first kappa shape index (κ1) is 16.3. The summed E-state index contributed by atoms with van der Waals surface area (Å²) in [4.78, 5) is 14.1. The van der Waals surface area contributed by atoms with Crippen LogP contribution in [0.25, 0.3) is 0 Å². The zero-order valence-electron chi connectivity index (χ0n) is 12.1. The Kier molecular flexibility index (Phi) is 6.51. The van der Waals surface area contributed by atoms with Crippen molar-refractivity contribution in [3.05, 3.63) is 28.7 Å². The van der Waals surface area contributed by atoms with Gasteiger partial charge in [0.05, 0.1) is 19.6 Å². The fourth-order valence-corrected chi connectivity index (χ4v) is 3.03. The number of carbonyl (C=O) groups is 1. The van der Waals surface area contributed by atoms with E-state index in [9.17, 15) is 4.79 Å². The number of aliphatic hydroxyl groups is 1. The highest BCUT2D eigenvalue weighted by atomic mass is 79.9. The van der Waals surface area contributed by atoms with Gasteiger partial charge in [-0.05, 0) is 37.1 Å². The molecule has 1 saturated carbocycles. The maximum atomic E-state index is 12.3. The number of amides is 1. The molecule has 116 valence electrons. The third kappa shape index (κ3) is 5.00. The highest BCUT2D eigenvalue weighted by Gasteiger charge is 2.25. The van der Waals surface area contributed by atoms with Crippen LogP contribution >= 0.6 is 15.9 Å². The second kappa shape index (κ2) is 8.39. The molecule has 21 heavy (non-hydrogen) atoms. The normalized spacial score (nSPS) is 15.1. The maximum absolute atomic E-state index is 12.3. The summed E-state index contributed by atoms with van der Waals surface area (Å²) in [6.45, 7) is 0.826. The number of hydrogen-bond acceptors (Lipinski definition) is 3. The van der Waals surface area contributed by atoms with E-state index in [0.29, 0.717) is 25.6 Å². The molecule has 1 aliphatic carbocycles. The van der Waals surface area contributed by atoms with Crippen molar-refractivity contribution in [3.63, 3.8) is 0 Å². The van der Waals surface area contributed by atoms with Crippen LogP contribution in [0.2, 0.25) is 0 Å². The van der Waals surface area contributed by atoms with Crippen molar-refractivity contribution in [1.82, 2.24) is 4.90 Å². The Morgan fingerprint density at radius 1 is 1.29 bits per heavy atom. The number of aliphatic hydroxyl groups excluding tert-OH is 1. The lowest BCUT2D eigenvalue weighted by atomic mass is 10.2. The molecule has 1 amide bonds. The van der Waals surface area contributed by atoms with Crippen molar-refractivity contribution in [2.45, 2.75) is 38.1 Å². The number of nitrogens with zero attached hydrogens (tertiary/aromatic N) is 1.